The Morgan fingerprint density at radius 3 is 1.64 bits per heavy atom. The maximum atomic E-state index is 16.0. The largest absolute Gasteiger partial charge is 0.288 e. The Labute approximate surface area is 289 Å². The van der Waals surface area contributed by atoms with Crippen LogP contribution < -0.4 is 15.0 Å². The van der Waals surface area contributed by atoms with Gasteiger partial charge in [0.1, 0.15) is 17.5 Å². The van der Waals surface area contributed by atoms with E-state index < -0.39 is 31.3 Å². The number of hydrogen-bond acceptors (Lipinski definition) is 6. The highest BCUT2D eigenvalue weighted by Crippen LogP contribution is 2.51. The lowest BCUT2D eigenvalue weighted by atomic mass is 10.0. The van der Waals surface area contributed by atoms with E-state index in [1.165, 1.54) is 23.4 Å². The van der Waals surface area contributed by atoms with E-state index in [1.54, 1.807) is 66.1 Å². The molecule has 1 aliphatic carbocycles. The third-order valence-corrected chi connectivity index (χ3v) is 11.5. The van der Waals surface area contributed by atoms with Crippen LogP contribution in [0.5, 0.6) is 0 Å². The summed E-state index contributed by atoms with van der Waals surface area (Å²) in [6, 6.07) is 26.6. The minimum absolute atomic E-state index is 0.0416. The molecule has 2 heterocycles. The molecule has 0 unspecified atom stereocenters. The summed E-state index contributed by atoms with van der Waals surface area (Å²) in [4.78, 5) is 40.9. The Morgan fingerprint density at radius 2 is 1.14 bits per heavy atom. The number of aromatic nitrogens is 2. The fourth-order valence-corrected chi connectivity index (χ4v) is 7.99. The monoisotopic (exact) mass is 678 g/mol. The van der Waals surface area contributed by atoms with Crippen LogP contribution in [0.25, 0.3) is 21.8 Å². The van der Waals surface area contributed by atoms with Crippen molar-refractivity contribution in [1.82, 2.24) is 9.97 Å². The first-order chi connectivity index (χ1) is 23.9. The first kappa shape index (κ1) is 31.5. The molecular formula is C41H32F2N4O2Si. The van der Waals surface area contributed by atoms with Gasteiger partial charge in [-0.05, 0) is 84.3 Å². The first-order valence-electron chi connectivity index (χ1n) is 16.4. The lowest BCUT2D eigenvalue weighted by molar-refractivity contribution is 0.0988. The predicted molar refractivity (Wildman–Crippen MR) is 198 cm³/mol. The zero-order valence-corrected chi connectivity index (χ0v) is 29.2. The van der Waals surface area contributed by atoms with Crippen molar-refractivity contribution < 1.29 is 18.4 Å². The van der Waals surface area contributed by atoms with Crippen molar-refractivity contribution in [3.05, 3.63) is 148 Å². The van der Waals surface area contributed by atoms with Crippen LogP contribution in [0.1, 0.15) is 31.8 Å². The predicted octanol–water partition coefficient (Wildman–Crippen LogP) is 9.36. The van der Waals surface area contributed by atoms with Gasteiger partial charge in [-0.15, -0.1) is 0 Å². The number of carbonyl (C=O) groups excluding carboxylic acids is 2. The summed E-state index contributed by atoms with van der Waals surface area (Å²) in [5, 5.41) is 2.88. The molecular weight excluding hydrogens is 647 g/mol. The van der Waals surface area contributed by atoms with Crippen LogP contribution in [0.2, 0.25) is 19.6 Å². The van der Waals surface area contributed by atoms with E-state index in [-0.39, 0.29) is 28.6 Å². The van der Waals surface area contributed by atoms with E-state index in [0.717, 1.165) is 10.8 Å². The number of allylic oxidation sites excluding steroid dienone is 3. The summed E-state index contributed by atoms with van der Waals surface area (Å²) in [7, 11) is -1.74. The number of para-hydroxylation sites is 2. The number of nitrogens with zero attached hydrogens (tertiary/aromatic N) is 4. The number of ketones is 2. The lowest BCUT2D eigenvalue weighted by Crippen LogP contribution is -2.37. The maximum Gasteiger partial charge on any atom is 0.197 e. The van der Waals surface area contributed by atoms with Crippen molar-refractivity contribution >= 4 is 69.6 Å². The number of anilines is 4. The second-order valence-electron chi connectivity index (χ2n) is 13.8. The molecule has 246 valence electrons. The Kier molecular flexibility index (Phi) is 7.16. The molecule has 50 heavy (non-hydrogen) atoms. The van der Waals surface area contributed by atoms with Crippen molar-refractivity contribution in [3.8, 4) is 0 Å². The van der Waals surface area contributed by atoms with Crippen LogP contribution in [-0.4, -0.2) is 29.6 Å². The van der Waals surface area contributed by atoms with Gasteiger partial charge in [0.05, 0.1) is 36.1 Å². The third-order valence-electron chi connectivity index (χ3n) is 9.46. The molecule has 8 rings (SSSR count). The Morgan fingerprint density at radius 1 is 0.620 bits per heavy atom. The van der Waals surface area contributed by atoms with Crippen LogP contribution in [-0.2, 0) is 0 Å². The maximum absolute atomic E-state index is 16.0. The minimum atomic E-state index is -1.74. The van der Waals surface area contributed by atoms with Crippen molar-refractivity contribution in [2.24, 2.45) is 0 Å². The van der Waals surface area contributed by atoms with Gasteiger partial charge >= 0.3 is 0 Å². The van der Waals surface area contributed by atoms with Gasteiger partial charge in [-0.3, -0.25) is 19.4 Å². The lowest BCUT2D eigenvalue weighted by Gasteiger charge is -2.27. The second kappa shape index (κ2) is 11.4. The van der Waals surface area contributed by atoms with Gasteiger partial charge in [0.2, 0.25) is 0 Å². The Bertz CT molecular complexity index is 2440. The average molecular weight is 679 g/mol. The summed E-state index contributed by atoms with van der Waals surface area (Å²) in [6.45, 7) is 10.3. The molecule has 6 nitrogen and oxygen atoms in total. The zero-order valence-electron chi connectivity index (χ0n) is 28.2. The molecule has 5 aromatic carbocycles. The molecule has 9 heteroatoms. The van der Waals surface area contributed by atoms with Gasteiger partial charge in [-0.1, -0.05) is 79.4 Å². The quantitative estimate of drug-likeness (QED) is 0.105. The molecule has 0 spiro atoms. The van der Waals surface area contributed by atoms with E-state index in [1.807, 2.05) is 36.4 Å². The molecule has 0 N–H and O–H groups in total. The molecule has 0 amide bonds. The minimum Gasteiger partial charge on any atom is -0.288 e. The smallest absolute Gasteiger partial charge is 0.197 e. The molecule has 0 saturated carbocycles. The van der Waals surface area contributed by atoms with Crippen LogP contribution in [0.15, 0.2) is 115 Å². The summed E-state index contributed by atoms with van der Waals surface area (Å²) in [5.41, 5.74) is 3.42. The summed E-state index contributed by atoms with van der Waals surface area (Å²) < 4.78 is 32.1. The third kappa shape index (κ3) is 4.88. The van der Waals surface area contributed by atoms with Crippen molar-refractivity contribution in [2.45, 2.75) is 33.5 Å². The van der Waals surface area contributed by atoms with E-state index >= 15 is 8.78 Å². The van der Waals surface area contributed by atoms with Crippen LogP contribution in [0, 0.1) is 25.5 Å². The van der Waals surface area contributed by atoms with Gasteiger partial charge < -0.3 is 0 Å². The highest BCUT2D eigenvalue weighted by atomic mass is 28.3. The first-order valence-corrected chi connectivity index (χ1v) is 19.9. The highest BCUT2D eigenvalue weighted by molar-refractivity contribution is 6.88. The van der Waals surface area contributed by atoms with Crippen molar-refractivity contribution in [2.75, 3.05) is 9.80 Å². The van der Waals surface area contributed by atoms with Gasteiger partial charge in [0.25, 0.3) is 0 Å². The summed E-state index contributed by atoms with van der Waals surface area (Å²) in [5.74, 6) is -1.02. The highest BCUT2D eigenvalue weighted by Gasteiger charge is 2.41. The number of carbonyl (C=O) groups is 2. The normalized spacial score (nSPS) is 15.1. The number of Topliss-reactive ketones (excluding diaryl/α,β-unsaturated/α-hetero) is 2. The number of benzene rings is 5. The van der Waals surface area contributed by atoms with Crippen LogP contribution in [0.3, 0.4) is 0 Å². The molecule has 0 bridgehead atoms. The second-order valence-corrected chi connectivity index (χ2v) is 18.9. The fraction of sp³-hybridized carbons (Fsp3) is 0.122. The molecule has 0 fully saturated rings. The molecule has 2 aliphatic rings. The molecule has 0 radical (unpaired) electrons. The number of aryl methyl sites for hydroxylation is 2. The molecule has 0 saturated heterocycles. The van der Waals surface area contributed by atoms with Crippen molar-refractivity contribution in [1.29, 1.82) is 0 Å². The standard InChI is InChI=1S/C41H32F2N4O2Si/c1-23-10-8-14-31(42)36(23)46-35(19-17-28-38(48)29-20-25-12-6-7-13-26(25)21-30(29)39(28)49)47(37-24(2)11-9-15-32(37)43)41-40(46)44-33-18-16-27(50(3,4)5)22-34(33)45-41/h6-22H,1-5H3/b35-19-. The Balaban J connectivity index is 1.41. The fourth-order valence-electron chi connectivity index (χ4n) is 6.84. The van der Waals surface area contributed by atoms with Crippen LogP contribution in [0.4, 0.5) is 31.8 Å². The van der Waals surface area contributed by atoms with E-state index in [0.29, 0.717) is 39.1 Å². The topological polar surface area (TPSA) is 66.4 Å². The average Bonchev–Trinajstić information content (AvgIpc) is 3.49. The van der Waals surface area contributed by atoms with Gasteiger partial charge in [-0.25, -0.2) is 18.7 Å². The van der Waals surface area contributed by atoms with Gasteiger partial charge in [0.15, 0.2) is 23.2 Å². The van der Waals surface area contributed by atoms with E-state index in [4.69, 9.17) is 9.97 Å². The van der Waals surface area contributed by atoms with Crippen LogP contribution >= 0.6 is 0 Å². The number of hydrogen-bond donors (Lipinski definition) is 0. The molecule has 0 atom stereocenters. The number of rotatable bonds is 4. The van der Waals surface area contributed by atoms with Gasteiger partial charge in [0, 0.05) is 11.1 Å². The van der Waals surface area contributed by atoms with E-state index in [9.17, 15) is 9.59 Å². The SMILES string of the molecule is Cc1cccc(F)c1N1/C(=C/C=C2C(=O)c3cc4ccccc4cc3C2=O)N(c2c(C)cccc2F)c2nc3cc([Si](C)(C)C)ccc3nc21. The summed E-state index contributed by atoms with van der Waals surface area (Å²) in [6.07, 6.45) is 3.02. The molecule has 1 aliphatic heterocycles. The van der Waals surface area contributed by atoms with E-state index in [2.05, 4.69) is 25.7 Å². The van der Waals surface area contributed by atoms with Gasteiger partial charge in [-0.2, -0.15) is 0 Å². The zero-order chi connectivity index (χ0) is 35.1. The molecule has 1 aromatic heterocycles. The number of fused-ring (bicyclic) bond motifs is 4. The number of halogens is 2. The Hall–Kier alpha value is -5.80. The van der Waals surface area contributed by atoms with Crippen molar-refractivity contribution in [3.63, 3.8) is 0 Å². The molecule has 6 aromatic rings. The summed E-state index contributed by atoms with van der Waals surface area (Å²) >= 11 is 0.